The van der Waals surface area contributed by atoms with Gasteiger partial charge in [-0.05, 0) is 11.6 Å². The molecule has 0 aliphatic heterocycles. The van der Waals surface area contributed by atoms with Crippen LogP contribution in [0.1, 0.15) is 5.56 Å². The predicted molar refractivity (Wildman–Crippen MR) is 41.0 cm³/mol. The quantitative estimate of drug-likeness (QED) is 0.629. The van der Waals surface area contributed by atoms with Crippen molar-refractivity contribution in [2.75, 3.05) is 0 Å². The molecule has 0 saturated heterocycles. The van der Waals surface area contributed by atoms with Gasteiger partial charge in [0.2, 0.25) is 0 Å². The van der Waals surface area contributed by atoms with Crippen molar-refractivity contribution < 1.29 is 13.5 Å². The zero-order valence-electron chi connectivity index (χ0n) is 5.65. The van der Waals surface area contributed by atoms with Gasteiger partial charge in [-0.25, -0.2) is 8.42 Å². The first-order valence-corrected chi connectivity index (χ1v) is 4.36. The van der Waals surface area contributed by atoms with E-state index in [9.17, 15) is 8.42 Å². The molecule has 1 radical (unpaired) electrons. The van der Waals surface area contributed by atoms with Crippen molar-refractivity contribution in [2.45, 2.75) is 5.75 Å². The van der Waals surface area contributed by atoms with Gasteiger partial charge in [0, 0.05) is 6.07 Å². The van der Waals surface area contributed by atoms with Crippen LogP contribution >= 0.6 is 0 Å². The Kier molecular flexibility index (Phi) is 2.48. The molecule has 0 aliphatic carbocycles. The number of phenolic OH excluding ortho intramolecular Hbond substituents is 1. The van der Waals surface area contributed by atoms with Crippen LogP contribution in [-0.4, -0.2) is 13.5 Å². The molecule has 59 valence electrons. The third kappa shape index (κ3) is 2.59. The minimum atomic E-state index is -2.41. The topological polar surface area (TPSA) is 54.4 Å². The molecule has 0 atom stereocenters. The molecule has 4 heteroatoms. The third-order valence-corrected chi connectivity index (χ3v) is 1.79. The Morgan fingerprint density at radius 1 is 1.55 bits per heavy atom. The molecule has 0 unspecified atom stereocenters. The smallest absolute Gasteiger partial charge is 0.144 e. The lowest BCUT2D eigenvalue weighted by Crippen LogP contribution is -1.84. The molecular weight excluding hydrogens is 164 g/mol. The van der Waals surface area contributed by atoms with Crippen LogP contribution in [-0.2, 0) is 16.5 Å². The Morgan fingerprint density at radius 2 is 2.27 bits per heavy atom. The number of hydrogen-bond acceptors (Lipinski definition) is 3. The first-order chi connectivity index (χ1) is 5.18. The maximum Gasteiger partial charge on any atom is 0.144 e. The van der Waals surface area contributed by atoms with E-state index >= 15 is 0 Å². The van der Waals surface area contributed by atoms with Crippen LogP contribution in [0, 0.1) is 6.07 Å². The van der Waals surface area contributed by atoms with Crippen molar-refractivity contribution in [2.24, 2.45) is 0 Å². The normalized spacial score (nSPS) is 10.3. The van der Waals surface area contributed by atoms with E-state index in [4.69, 9.17) is 5.11 Å². The van der Waals surface area contributed by atoms with Crippen molar-refractivity contribution in [3.05, 3.63) is 29.8 Å². The van der Waals surface area contributed by atoms with Gasteiger partial charge < -0.3 is 5.11 Å². The van der Waals surface area contributed by atoms with Gasteiger partial charge in [0.25, 0.3) is 0 Å². The summed E-state index contributed by atoms with van der Waals surface area (Å²) in [5, 5.41) is 8.87. The molecule has 0 saturated carbocycles. The Hall–Kier alpha value is -1.03. The fourth-order valence-electron chi connectivity index (χ4n) is 0.747. The number of phenols is 1. The van der Waals surface area contributed by atoms with Crippen LogP contribution < -0.4 is 0 Å². The van der Waals surface area contributed by atoms with Crippen molar-refractivity contribution in [3.8, 4) is 5.75 Å². The number of aromatic hydroxyl groups is 1. The Labute approximate surface area is 66.2 Å². The summed E-state index contributed by atoms with van der Waals surface area (Å²) < 4.78 is 20.5. The van der Waals surface area contributed by atoms with Crippen LogP contribution in [0.2, 0.25) is 0 Å². The van der Waals surface area contributed by atoms with E-state index in [1.807, 2.05) is 0 Å². The van der Waals surface area contributed by atoms with Crippen molar-refractivity contribution >= 4 is 10.7 Å². The average molecular weight is 171 g/mol. The summed E-state index contributed by atoms with van der Waals surface area (Å²) in [7, 11) is -2.41. The number of rotatable bonds is 2. The number of hydrogen-bond donors (Lipinski definition) is 2. The van der Waals surface area contributed by atoms with Gasteiger partial charge in [-0.3, -0.25) is 0 Å². The summed E-state index contributed by atoms with van der Waals surface area (Å²) in [5.41, 5.74) is 0.581. The van der Waals surface area contributed by atoms with Gasteiger partial charge in [-0.15, -0.1) is 0 Å². The van der Waals surface area contributed by atoms with E-state index in [0.717, 1.165) is 0 Å². The summed E-state index contributed by atoms with van der Waals surface area (Å²) in [6.07, 6.45) is 0. The lowest BCUT2D eigenvalue weighted by Gasteiger charge is -1.93. The fourth-order valence-corrected chi connectivity index (χ4v) is 1.24. The maximum atomic E-state index is 10.2. The SMILES string of the molecule is O=[SH](=O)Cc1cc[c]c(O)c1. The summed E-state index contributed by atoms with van der Waals surface area (Å²) >= 11 is 0. The molecule has 3 nitrogen and oxygen atoms in total. The standard InChI is InChI=1S/C7H7O3S/c8-7-3-1-2-6(4-7)5-11(9)10/h1-2,4,8,11H,5H2. The molecule has 11 heavy (non-hydrogen) atoms. The van der Waals surface area contributed by atoms with E-state index in [1.54, 1.807) is 6.07 Å². The second-order valence-corrected chi connectivity index (χ2v) is 3.05. The highest BCUT2D eigenvalue weighted by Gasteiger charge is 1.94. The Bertz CT molecular complexity index is 309. The van der Waals surface area contributed by atoms with Crippen LogP contribution in [0.25, 0.3) is 0 Å². The average Bonchev–Trinajstić information content (AvgIpc) is 1.85. The molecule has 0 bridgehead atoms. The second kappa shape index (κ2) is 3.39. The highest BCUT2D eigenvalue weighted by atomic mass is 32.2. The van der Waals surface area contributed by atoms with Crippen molar-refractivity contribution in [3.63, 3.8) is 0 Å². The summed E-state index contributed by atoms with van der Waals surface area (Å²) in [6, 6.07) is 6.98. The maximum absolute atomic E-state index is 10.2. The van der Waals surface area contributed by atoms with Crippen LogP contribution in [0.15, 0.2) is 18.2 Å². The zero-order valence-corrected chi connectivity index (χ0v) is 6.54. The molecular formula is C7H7O3S. The molecule has 0 spiro atoms. The third-order valence-electron chi connectivity index (χ3n) is 1.16. The van der Waals surface area contributed by atoms with Crippen LogP contribution in [0.4, 0.5) is 0 Å². The first kappa shape index (κ1) is 8.07. The number of thiol groups is 1. The molecule has 1 N–H and O–H groups in total. The minimum Gasteiger partial charge on any atom is -0.507 e. The molecule has 1 aromatic rings. The molecule has 0 amide bonds. The summed E-state index contributed by atoms with van der Waals surface area (Å²) in [6.45, 7) is 0. The lowest BCUT2D eigenvalue weighted by atomic mass is 10.2. The van der Waals surface area contributed by atoms with E-state index in [1.165, 1.54) is 12.1 Å². The van der Waals surface area contributed by atoms with Gasteiger partial charge in [0.05, 0.1) is 5.75 Å². The molecule has 0 aliphatic rings. The predicted octanol–water partition coefficient (Wildman–Crippen LogP) is 0.304. The van der Waals surface area contributed by atoms with E-state index in [-0.39, 0.29) is 11.5 Å². The van der Waals surface area contributed by atoms with Gasteiger partial charge in [0.1, 0.15) is 16.5 Å². The molecule has 0 aromatic heterocycles. The van der Waals surface area contributed by atoms with E-state index < -0.39 is 10.7 Å². The highest BCUT2D eigenvalue weighted by molar-refractivity contribution is 7.71. The minimum absolute atomic E-state index is 0.0284. The van der Waals surface area contributed by atoms with E-state index in [0.29, 0.717) is 5.56 Å². The van der Waals surface area contributed by atoms with Gasteiger partial charge in [0.15, 0.2) is 0 Å². The van der Waals surface area contributed by atoms with E-state index in [2.05, 4.69) is 6.07 Å². The van der Waals surface area contributed by atoms with Crippen molar-refractivity contribution in [1.29, 1.82) is 0 Å². The molecule has 1 rings (SSSR count). The summed E-state index contributed by atoms with van der Waals surface area (Å²) in [4.78, 5) is 0. The van der Waals surface area contributed by atoms with Gasteiger partial charge in [-0.1, -0.05) is 12.1 Å². The van der Waals surface area contributed by atoms with Gasteiger partial charge in [-0.2, -0.15) is 0 Å². The van der Waals surface area contributed by atoms with Gasteiger partial charge >= 0.3 is 0 Å². The summed E-state index contributed by atoms with van der Waals surface area (Å²) in [5.74, 6) is -0.0586. The molecule has 0 heterocycles. The molecule has 0 fully saturated rings. The first-order valence-electron chi connectivity index (χ1n) is 3.00. The highest BCUT2D eigenvalue weighted by Crippen LogP contribution is 2.10. The largest absolute Gasteiger partial charge is 0.507 e. The monoisotopic (exact) mass is 171 g/mol. The Morgan fingerprint density at radius 3 is 2.82 bits per heavy atom. The van der Waals surface area contributed by atoms with Crippen LogP contribution in [0.5, 0.6) is 5.75 Å². The Balaban J connectivity index is 2.87. The second-order valence-electron chi connectivity index (χ2n) is 2.07. The van der Waals surface area contributed by atoms with Crippen molar-refractivity contribution in [1.82, 2.24) is 0 Å². The van der Waals surface area contributed by atoms with Crippen LogP contribution in [0.3, 0.4) is 0 Å². The zero-order chi connectivity index (χ0) is 8.27. The number of benzene rings is 1. The molecule has 1 aromatic carbocycles. The lowest BCUT2D eigenvalue weighted by molar-refractivity contribution is 0.473. The fraction of sp³-hybridized carbons (Fsp3) is 0.143.